The van der Waals surface area contributed by atoms with E-state index in [2.05, 4.69) is 5.32 Å². The number of urea groups is 1. The molecule has 0 spiro atoms. The zero-order valence-electron chi connectivity index (χ0n) is 10.5. The minimum Gasteiger partial charge on any atom is -0.396 e. The lowest BCUT2D eigenvalue weighted by Crippen LogP contribution is -2.48. The van der Waals surface area contributed by atoms with Crippen LogP contribution in [0.25, 0.3) is 0 Å². The van der Waals surface area contributed by atoms with Gasteiger partial charge in [-0.2, -0.15) is 0 Å². The Bertz CT molecular complexity index is 377. The molecular weight excluding hydrogens is 228 g/mol. The van der Waals surface area contributed by atoms with E-state index in [1.54, 1.807) is 0 Å². The highest BCUT2D eigenvalue weighted by molar-refractivity contribution is 5.75. The fraction of sp³-hybridized carbons (Fsp3) is 0.500. The lowest BCUT2D eigenvalue weighted by atomic mass is 10.0. The van der Waals surface area contributed by atoms with E-state index >= 15 is 0 Å². The third kappa shape index (κ3) is 3.23. The van der Waals surface area contributed by atoms with E-state index in [0.29, 0.717) is 6.42 Å². The fourth-order valence-electron chi connectivity index (χ4n) is 2.06. The maximum absolute atomic E-state index is 11.9. The number of rotatable bonds is 5. The minimum absolute atomic E-state index is 0.00745. The number of aliphatic hydroxyl groups excluding tert-OH is 1. The van der Waals surface area contributed by atoms with Crippen LogP contribution in [0.3, 0.4) is 0 Å². The van der Waals surface area contributed by atoms with Gasteiger partial charge >= 0.3 is 6.03 Å². The molecule has 0 aliphatic carbocycles. The second-order valence-corrected chi connectivity index (χ2v) is 4.62. The summed E-state index contributed by atoms with van der Waals surface area (Å²) in [7, 11) is 0. The monoisotopic (exact) mass is 248 g/mol. The van der Waals surface area contributed by atoms with Gasteiger partial charge in [0.15, 0.2) is 0 Å². The van der Waals surface area contributed by atoms with E-state index in [-0.39, 0.29) is 18.7 Å². The molecule has 18 heavy (non-hydrogen) atoms. The summed E-state index contributed by atoms with van der Waals surface area (Å²) in [5.41, 5.74) is 1.10. The van der Waals surface area contributed by atoms with Crippen molar-refractivity contribution in [2.24, 2.45) is 0 Å². The molecule has 0 saturated carbocycles. The fourth-order valence-corrected chi connectivity index (χ4v) is 2.06. The molecule has 1 fully saturated rings. The molecule has 1 atom stereocenters. The molecule has 4 heteroatoms. The van der Waals surface area contributed by atoms with E-state index in [9.17, 15) is 4.79 Å². The molecule has 2 N–H and O–H groups in total. The molecule has 2 amide bonds. The molecule has 1 aliphatic heterocycles. The van der Waals surface area contributed by atoms with Crippen LogP contribution in [-0.2, 0) is 0 Å². The number of hydrogen-bond donors (Lipinski definition) is 2. The molecule has 0 radical (unpaired) electrons. The number of benzene rings is 1. The van der Waals surface area contributed by atoms with Crippen molar-refractivity contribution in [1.82, 2.24) is 10.2 Å². The van der Waals surface area contributed by atoms with Gasteiger partial charge in [-0.25, -0.2) is 4.79 Å². The Labute approximate surface area is 108 Å². The minimum atomic E-state index is -0.00792. The van der Waals surface area contributed by atoms with Gasteiger partial charge in [-0.15, -0.1) is 0 Å². The largest absolute Gasteiger partial charge is 0.396 e. The van der Waals surface area contributed by atoms with Crippen molar-refractivity contribution in [2.45, 2.75) is 25.3 Å². The van der Waals surface area contributed by atoms with Gasteiger partial charge < -0.3 is 15.3 Å². The van der Waals surface area contributed by atoms with Crippen molar-refractivity contribution in [3.63, 3.8) is 0 Å². The number of hydrogen-bond acceptors (Lipinski definition) is 2. The van der Waals surface area contributed by atoms with Crippen LogP contribution in [0.1, 0.15) is 30.9 Å². The van der Waals surface area contributed by atoms with Gasteiger partial charge in [0.1, 0.15) is 0 Å². The Kier molecular flexibility index (Phi) is 4.59. The van der Waals surface area contributed by atoms with Crippen molar-refractivity contribution in [3.8, 4) is 0 Å². The van der Waals surface area contributed by atoms with Crippen LogP contribution in [0.15, 0.2) is 30.3 Å². The number of carbonyl (C=O) groups excluding carboxylic acids is 1. The molecular formula is C14H20N2O2. The van der Waals surface area contributed by atoms with Crippen LogP contribution in [0.5, 0.6) is 0 Å². The maximum atomic E-state index is 11.9. The number of amides is 2. The van der Waals surface area contributed by atoms with Crippen LogP contribution in [0, 0.1) is 0 Å². The topological polar surface area (TPSA) is 52.6 Å². The van der Waals surface area contributed by atoms with Crippen LogP contribution < -0.4 is 5.32 Å². The first kappa shape index (κ1) is 12.9. The highest BCUT2D eigenvalue weighted by Gasteiger charge is 2.23. The van der Waals surface area contributed by atoms with Crippen LogP contribution in [-0.4, -0.2) is 35.7 Å². The number of nitrogens with one attached hydrogen (secondary N) is 1. The van der Waals surface area contributed by atoms with Crippen molar-refractivity contribution in [2.75, 3.05) is 19.7 Å². The molecule has 0 aromatic heterocycles. The van der Waals surface area contributed by atoms with Gasteiger partial charge in [0.05, 0.1) is 6.04 Å². The first-order valence-electron chi connectivity index (χ1n) is 6.52. The Morgan fingerprint density at radius 2 is 2.06 bits per heavy atom. The van der Waals surface area contributed by atoms with Gasteiger partial charge in [0.25, 0.3) is 0 Å². The average Bonchev–Trinajstić information content (AvgIpc) is 2.33. The Morgan fingerprint density at radius 3 is 2.61 bits per heavy atom. The molecule has 98 valence electrons. The average molecular weight is 248 g/mol. The van der Waals surface area contributed by atoms with E-state index < -0.39 is 0 Å². The summed E-state index contributed by atoms with van der Waals surface area (Å²) in [4.78, 5) is 13.7. The SMILES string of the molecule is O=C(NC(CCCO)c1ccccc1)N1CCC1. The lowest BCUT2D eigenvalue weighted by Gasteiger charge is -2.33. The number of likely N-dealkylation sites (tertiary alicyclic amines) is 1. The standard InChI is InChI=1S/C14H20N2O2/c17-11-4-8-13(12-6-2-1-3-7-12)15-14(18)16-9-5-10-16/h1-3,6-7,13,17H,4-5,8-11H2,(H,15,18). The third-order valence-corrected chi connectivity index (χ3v) is 3.29. The Balaban J connectivity index is 1.98. The summed E-state index contributed by atoms with van der Waals surface area (Å²) in [5.74, 6) is 0. The summed E-state index contributed by atoms with van der Waals surface area (Å²) in [6.07, 6.45) is 2.56. The van der Waals surface area contributed by atoms with E-state index in [0.717, 1.165) is 31.5 Å². The van der Waals surface area contributed by atoms with Crippen LogP contribution in [0.4, 0.5) is 4.79 Å². The molecule has 1 heterocycles. The summed E-state index contributed by atoms with van der Waals surface area (Å²) in [6.45, 7) is 1.86. The predicted molar refractivity (Wildman–Crippen MR) is 70.2 cm³/mol. The van der Waals surface area contributed by atoms with Gasteiger partial charge in [-0.3, -0.25) is 0 Å². The van der Waals surface area contributed by atoms with Gasteiger partial charge in [0, 0.05) is 19.7 Å². The Hall–Kier alpha value is -1.55. The van der Waals surface area contributed by atoms with Crippen molar-refractivity contribution < 1.29 is 9.90 Å². The van der Waals surface area contributed by atoms with E-state index in [1.165, 1.54) is 0 Å². The molecule has 1 unspecified atom stereocenters. The van der Waals surface area contributed by atoms with Crippen molar-refractivity contribution in [3.05, 3.63) is 35.9 Å². The maximum Gasteiger partial charge on any atom is 0.317 e. The lowest BCUT2D eigenvalue weighted by molar-refractivity contribution is 0.162. The molecule has 1 aromatic rings. The highest BCUT2D eigenvalue weighted by Crippen LogP contribution is 2.19. The summed E-state index contributed by atoms with van der Waals surface area (Å²) >= 11 is 0. The predicted octanol–water partition coefficient (Wildman–Crippen LogP) is 1.92. The molecule has 2 rings (SSSR count). The van der Waals surface area contributed by atoms with Crippen molar-refractivity contribution >= 4 is 6.03 Å². The zero-order valence-corrected chi connectivity index (χ0v) is 10.5. The van der Waals surface area contributed by atoms with E-state index in [1.807, 2.05) is 35.2 Å². The molecule has 0 bridgehead atoms. The highest BCUT2D eigenvalue weighted by atomic mass is 16.3. The smallest absolute Gasteiger partial charge is 0.317 e. The van der Waals surface area contributed by atoms with Gasteiger partial charge in [-0.05, 0) is 24.8 Å². The molecule has 1 aromatic carbocycles. The summed E-state index contributed by atoms with van der Waals surface area (Å²) < 4.78 is 0. The molecule has 4 nitrogen and oxygen atoms in total. The quantitative estimate of drug-likeness (QED) is 0.836. The van der Waals surface area contributed by atoms with Crippen LogP contribution in [0.2, 0.25) is 0 Å². The summed E-state index contributed by atoms with van der Waals surface area (Å²) in [6, 6.07) is 9.92. The summed E-state index contributed by atoms with van der Waals surface area (Å²) in [5, 5.41) is 12.0. The van der Waals surface area contributed by atoms with Gasteiger partial charge in [0.2, 0.25) is 0 Å². The van der Waals surface area contributed by atoms with Crippen LogP contribution >= 0.6 is 0 Å². The molecule has 1 aliphatic rings. The number of nitrogens with zero attached hydrogens (tertiary/aromatic N) is 1. The first-order chi connectivity index (χ1) is 8.81. The number of aliphatic hydroxyl groups is 1. The Morgan fingerprint density at radius 1 is 1.33 bits per heavy atom. The second-order valence-electron chi connectivity index (χ2n) is 4.62. The third-order valence-electron chi connectivity index (χ3n) is 3.29. The van der Waals surface area contributed by atoms with Gasteiger partial charge in [-0.1, -0.05) is 30.3 Å². The first-order valence-corrected chi connectivity index (χ1v) is 6.52. The normalized spacial score (nSPS) is 15.9. The zero-order chi connectivity index (χ0) is 12.8. The van der Waals surface area contributed by atoms with E-state index in [4.69, 9.17) is 5.11 Å². The second kappa shape index (κ2) is 6.40. The molecule has 1 saturated heterocycles. The number of carbonyl (C=O) groups is 1. The van der Waals surface area contributed by atoms with Crippen molar-refractivity contribution in [1.29, 1.82) is 0 Å².